The van der Waals surface area contributed by atoms with Crippen molar-refractivity contribution in [2.75, 3.05) is 31.1 Å². The highest BCUT2D eigenvalue weighted by molar-refractivity contribution is 5.95. The first-order chi connectivity index (χ1) is 13.0. The SMILES string of the molecule is Cc1oc(C(C)(C)C)cc1C(=O)N1CCN(c2ccc(C(F)(F)F)c[nH+]2)CC1. The second-order valence-corrected chi connectivity index (χ2v) is 8.07. The van der Waals surface area contributed by atoms with E-state index in [1.165, 1.54) is 6.07 Å². The summed E-state index contributed by atoms with van der Waals surface area (Å²) in [7, 11) is 0. The number of carbonyl (C=O) groups excluding carboxylic acids is 1. The fourth-order valence-electron chi connectivity index (χ4n) is 3.17. The van der Waals surface area contributed by atoms with Crippen LogP contribution in [0.15, 0.2) is 28.8 Å². The number of aromatic nitrogens is 1. The first kappa shape index (κ1) is 20.2. The summed E-state index contributed by atoms with van der Waals surface area (Å²) in [5.74, 6) is 1.90. The number of alkyl halides is 3. The van der Waals surface area contributed by atoms with Gasteiger partial charge in [0.15, 0.2) is 0 Å². The maximum absolute atomic E-state index is 12.9. The molecule has 0 aliphatic carbocycles. The Bertz CT molecular complexity index is 843. The topological polar surface area (TPSA) is 50.8 Å². The van der Waals surface area contributed by atoms with Crippen LogP contribution in [-0.4, -0.2) is 37.0 Å². The molecule has 1 aliphatic heterocycles. The van der Waals surface area contributed by atoms with Gasteiger partial charge in [0.2, 0.25) is 0 Å². The molecule has 1 fully saturated rings. The first-order valence-electron chi connectivity index (χ1n) is 9.21. The van der Waals surface area contributed by atoms with E-state index >= 15 is 0 Å². The molecule has 0 aromatic carbocycles. The van der Waals surface area contributed by atoms with Gasteiger partial charge in [-0.3, -0.25) is 9.69 Å². The third-order valence-corrected chi connectivity index (χ3v) is 4.92. The first-order valence-corrected chi connectivity index (χ1v) is 9.21. The number of halogens is 3. The van der Waals surface area contributed by atoms with Crippen molar-refractivity contribution >= 4 is 11.7 Å². The second kappa shape index (κ2) is 7.14. The molecule has 2 aromatic heterocycles. The highest BCUT2D eigenvalue weighted by atomic mass is 19.4. The molecule has 8 heteroatoms. The molecule has 152 valence electrons. The van der Waals surface area contributed by atoms with E-state index in [2.05, 4.69) is 4.98 Å². The van der Waals surface area contributed by atoms with Crippen molar-refractivity contribution in [3.8, 4) is 0 Å². The molecular weight excluding hydrogens is 371 g/mol. The highest BCUT2D eigenvalue weighted by Gasteiger charge is 2.33. The average Bonchev–Trinajstić information content (AvgIpc) is 3.03. The lowest BCUT2D eigenvalue weighted by Crippen LogP contribution is -2.50. The van der Waals surface area contributed by atoms with Gasteiger partial charge in [0.25, 0.3) is 11.7 Å². The Morgan fingerprint density at radius 2 is 1.75 bits per heavy atom. The number of H-pyrrole nitrogens is 1. The molecule has 28 heavy (non-hydrogen) atoms. The van der Waals surface area contributed by atoms with Gasteiger partial charge in [0, 0.05) is 11.5 Å². The van der Waals surface area contributed by atoms with Crippen molar-refractivity contribution in [1.29, 1.82) is 0 Å². The van der Waals surface area contributed by atoms with Gasteiger partial charge in [-0.1, -0.05) is 20.8 Å². The Balaban J connectivity index is 1.65. The van der Waals surface area contributed by atoms with Gasteiger partial charge in [0.1, 0.15) is 30.8 Å². The fourth-order valence-corrected chi connectivity index (χ4v) is 3.17. The van der Waals surface area contributed by atoms with Gasteiger partial charge >= 0.3 is 6.18 Å². The molecule has 0 unspecified atom stereocenters. The smallest absolute Gasteiger partial charge is 0.419 e. The molecule has 1 aliphatic rings. The van der Waals surface area contributed by atoms with E-state index in [0.717, 1.165) is 18.0 Å². The summed E-state index contributed by atoms with van der Waals surface area (Å²) in [6.45, 7) is 9.92. The summed E-state index contributed by atoms with van der Waals surface area (Å²) in [5, 5.41) is 0. The maximum Gasteiger partial charge on any atom is 0.419 e. The number of aromatic amines is 1. The summed E-state index contributed by atoms with van der Waals surface area (Å²) in [4.78, 5) is 19.3. The van der Waals surface area contributed by atoms with Crippen LogP contribution in [-0.2, 0) is 11.6 Å². The number of carbonyl (C=O) groups is 1. The second-order valence-electron chi connectivity index (χ2n) is 8.07. The van der Waals surface area contributed by atoms with E-state index < -0.39 is 11.7 Å². The van der Waals surface area contributed by atoms with Gasteiger partial charge in [0.05, 0.1) is 24.2 Å². The highest BCUT2D eigenvalue weighted by Crippen LogP contribution is 2.29. The van der Waals surface area contributed by atoms with Crippen molar-refractivity contribution < 1.29 is 27.4 Å². The number of rotatable bonds is 2. The molecule has 2 aromatic rings. The normalized spacial score (nSPS) is 15.8. The van der Waals surface area contributed by atoms with Crippen molar-refractivity contribution in [3.63, 3.8) is 0 Å². The minimum atomic E-state index is -4.37. The Morgan fingerprint density at radius 3 is 2.21 bits per heavy atom. The number of hydrogen-bond donors (Lipinski definition) is 0. The largest absolute Gasteiger partial charge is 0.465 e. The number of pyridine rings is 1. The molecule has 1 amide bonds. The molecule has 1 N–H and O–H groups in total. The lowest BCUT2D eigenvalue weighted by Gasteiger charge is -2.31. The predicted molar refractivity (Wildman–Crippen MR) is 98.3 cm³/mol. The van der Waals surface area contributed by atoms with E-state index in [9.17, 15) is 18.0 Å². The van der Waals surface area contributed by atoms with Crippen molar-refractivity contribution in [3.05, 3.63) is 47.0 Å². The van der Waals surface area contributed by atoms with Gasteiger partial charge in [-0.15, -0.1) is 0 Å². The van der Waals surface area contributed by atoms with Gasteiger partial charge in [-0.25, -0.2) is 4.98 Å². The van der Waals surface area contributed by atoms with Crippen molar-refractivity contribution in [1.82, 2.24) is 4.90 Å². The molecule has 0 bridgehead atoms. The monoisotopic (exact) mass is 396 g/mol. The minimum absolute atomic E-state index is 0.0761. The predicted octanol–water partition coefficient (Wildman–Crippen LogP) is 3.68. The molecule has 0 saturated carbocycles. The number of hydrogen-bond acceptors (Lipinski definition) is 3. The van der Waals surface area contributed by atoms with E-state index in [1.807, 2.05) is 31.7 Å². The third-order valence-electron chi connectivity index (χ3n) is 4.92. The number of nitrogens with one attached hydrogen (secondary N) is 1. The number of anilines is 1. The standard InChI is InChI=1S/C20H24F3N3O2/c1-13-15(11-16(28-13)19(2,3)4)18(27)26-9-7-25(8-10-26)17-6-5-14(12-24-17)20(21,22)23/h5-6,11-12H,7-10H2,1-4H3/p+1. The third kappa shape index (κ3) is 4.15. The molecule has 0 atom stereocenters. The van der Waals surface area contributed by atoms with E-state index in [0.29, 0.717) is 43.3 Å². The number of amides is 1. The number of piperazine rings is 1. The summed E-state index contributed by atoms with van der Waals surface area (Å²) >= 11 is 0. The zero-order valence-electron chi connectivity index (χ0n) is 16.5. The molecule has 3 heterocycles. The zero-order chi connectivity index (χ0) is 20.7. The Morgan fingerprint density at radius 1 is 1.11 bits per heavy atom. The molecule has 0 radical (unpaired) electrons. The molecular formula is C20H25F3N3O2+. The summed E-state index contributed by atoms with van der Waals surface area (Å²) in [5.41, 5.74) is -0.324. The quantitative estimate of drug-likeness (QED) is 0.778. The Kier molecular flexibility index (Phi) is 5.16. The molecule has 3 rings (SSSR count). The summed E-state index contributed by atoms with van der Waals surface area (Å²) < 4.78 is 43.8. The van der Waals surface area contributed by atoms with Crippen LogP contribution in [0.5, 0.6) is 0 Å². The van der Waals surface area contributed by atoms with E-state index in [1.54, 1.807) is 11.8 Å². The Hall–Kier alpha value is -2.51. The lowest BCUT2D eigenvalue weighted by atomic mass is 9.93. The maximum atomic E-state index is 12.9. The van der Waals surface area contributed by atoms with Crippen LogP contribution in [0.2, 0.25) is 0 Å². The van der Waals surface area contributed by atoms with Crippen LogP contribution in [0, 0.1) is 6.92 Å². The Labute approximate surface area is 162 Å². The molecule has 1 saturated heterocycles. The van der Waals surface area contributed by atoms with Crippen LogP contribution in [0.3, 0.4) is 0 Å². The van der Waals surface area contributed by atoms with Gasteiger partial charge in [-0.05, 0) is 19.1 Å². The average molecular weight is 396 g/mol. The number of aryl methyl sites for hydroxylation is 1. The minimum Gasteiger partial charge on any atom is -0.465 e. The van der Waals surface area contributed by atoms with Gasteiger partial charge < -0.3 is 9.32 Å². The van der Waals surface area contributed by atoms with Crippen molar-refractivity contribution in [2.45, 2.75) is 39.3 Å². The summed E-state index contributed by atoms with van der Waals surface area (Å²) in [6, 6.07) is 4.30. The van der Waals surface area contributed by atoms with Crippen LogP contribution >= 0.6 is 0 Å². The van der Waals surface area contributed by atoms with Crippen LogP contribution in [0.1, 0.15) is 48.2 Å². The van der Waals surface area contributed by atoms with Gasteiger partial charge in [-0.2, -0.15) is 13.2 Å². The van der Waals surface area contributed by atoms with Crippen LogP contribution < -0.4 is 9.88 Å². The number of furan rings is 1. The molecule has 5 nitrogen and oxygen atoms in total. The van der Waals surface area contributed by atoms with E-state index in [4.69, 9.17) is 4.42 Å². The molecule has 0 spiro atoms. The van der Waals surface area contributed by atoms with Crippen LogP contribution in [0.25, 0.3) is 0 Å². The lowest BCUT2D eigenvalue weighted by molar-refractivity contribution is -0.367. The zero-order valence-corrected chi connectivity index (χ0v) is 16.5. The fraction of sp³-hybridized carbons (Fsp3) is 0.500. The van der Waals surface area contributed by atoms with Crippen LogP contribution in [0.4, 0.5) is 19.0 Å². The number of nitrogens with zero attached hydrogens (tertiary/aromatic N) is 2. The van der Waals surface area contributed by atoms with Crippen molar-refractivity contribution in [2.24, 2.45) is 0 Å². The van der Waals surface area contributed by atoms with E-state index in [-0.39, 0.29) is 11.3 Å². The summed E-state index contributed by atoms with van der Waals surface area (Å²) in [6.07, 6.45) is -3.40.